The van der Waals surface area contributed by atoms with Crippen LogP contribution in [-0.4, -0.2) is 35.6 Å². The monoisotopic (exact) mass is 338 g/mol. The first-order valence-corrected chi connectivity index (χ1v) is 7.37. The average molecular weight is 339 g/mol. The van der Waals surface area contributed by atoms with Gasteiger partial charge in [-0.15, -0.1) is 12.4 Å². The Kier molecular flexibility index (Phi) is 8.32. The van der Waals surface area contributed by atoms with E-state index in [9.17, 15) is 4.79 Å². The minimum Gasteiger partial charge on any atom is -0.360 e. The van der Waals surface area contributed by atoms with Crippen LogP contribution in [0.4, 0.5) is 5.82 Å². The van der Waals surface area contributed by atoms with Crippen LogP contribution in [0.1, 0.15) is 17.7 Å². The zero-order chi connectivity index (χ0) is 15.8. The molecule has 0 fully saturated rings. The normalized spacial score (nSPS) is 10.4. The van der Waals surface area contributed by atoms with Crippen molar-refractivity contribution in [1.82, 2.24) is 10.1 Å². The number of rotatable bonds is 8. The third-order valence-electron chi connectivity index (χ3n) is 3.24. The number of aromatic nitrogens is 1. The van der Waals surface area contributed by atoms with Crippen molar-refractivity contribution in [3.8, 4) is 0 Å². The van der Waals surface area contributed by atoms with E-state index in [0.29, 0.717) is 31.1 Å². The SMILES string of the molecule is Cc1cc(NC(=O)CCN(CCN)Cc2ccccc2)no1.Cl. The average Bonchev–Trinajstić information content (AvgIpc) is 2.91. The summed E-state index contributed by atoms with van der Waals surface area (Å²) in [5.41, 5.74) is 6.86. The number of halogens is 1. The molecule has 0 saturated heterocycles. The van der Waals surface area contributed by atoms with Gasteiger partial charge in [-0.3, -0.25) is 9.69 Å². The molecule has 6 nitrogen and oxygen atoms in total. The minimum atomic E-state index is -0.0802. The zero-order valence-electron chi connectivity index (χ0n) is 13.2. The first-order chi connectivity index (χ1) is 10.7. The Balaban J connectivity index is 0.00000264. The van der Waals surface area contributed by atoms with Gasteiger partial charge in [-0.1, -0.05) is 35.5 Å². The van der Waals surface area contributed by atoms with Crippen molar-refractivity contribution in [2.75, 3.05) is 25.0 Å². The molecule has 0 radical (unpaired) electrons. The molecule has 0 atom stereocenters. The number of nitrogens with zero attached hydrogens (tertiary/aromatic N) is 2. The van der Waals surface area contributed by atoms with Crippen LogP contribution in [-0.2, 0) is 11.3 Å². The number of amides is 1. The molecule has 0 unspecified atom stereocenters. The van der Waals surface area contributed by atoms with Crippen LogP contribution >= 0.6 is 12.4 Å². The van der Waals surface area contributed by atoms with E-state index in [0.717, 1.165) is 13.1 Å². The predicted octanol–water partition coefficient (Wildman–Crippen LogP) is 2.19. The summed E-state index contributed by atoms with van der Waals surface area (Å²) in [5.74, 6) is 1.04. The van der Waals surface area contributed by atoms with Crippen LogP contribution in [0, 0.1) is 6.92 Å². The van der Waals surface area contributed by atoms with Crippen molar-refractivity contribution < 1.29 is 9.32 Å². The highest BCUT2D eigenvalue weighted by atomic mass is 35.5. The molecule has 2 rings (SSSR count). The molecule has 7 heteroatoms. The van der Waals surface area contributed by atoms with E-state index < -0.39 is 0 Å². The molecule has 0 bridgehead atoms. The van der Waals surface area contributed by atoms with E-state index in [2.05, 4.69) is 27.5 Å². The third-order valence-corrected chi connectivity index (χ3v) is 3.24. The predicted molar refractivity (Wildman–Crippen MR) is 92.5 cm³/mol. The van der Waals surface area contributed by atoms with Gasteiger partial charge in [0, 0.05) is 38.7 Å². The minimum absolute atomic E-state index is 0. The van der Waals surface area contributed by atoms with Gasteiger partial charge in [0.2, 0.25) is 5.91 Å². The summed E-state index contributed by atoms with van der Waals surface area (Å²) >= 11 is 0. The second kappa shape index (κ2) is 9.99. The Morgan fingerprint density at radius 2 is 2.04 bits per heavy atom. The molecule has 1 aromatic carbocycles. The van der Waals surface area contributed by atoms with Gasteiger partial charge in [0.1, 0.15) is 5.76 Å². The summed E-state index contributed by atoms with van der Waals surface area (Å²) in [6.45, 7) is 4.54. The van der Waals surface area contributed by atoms with E-state index in [1.165, 1.54) is 5.56 Å². The fraction of sp³-hybridized carbons (Fsp3) is 0.375. The van der Waals surface area contributed by atoms with Gasteiger partial charge in [0.05, 0.1) is 0 Å². The molecule has 3 N–H and O–H groups in total. The number of hydrogen-bond donors (Lipinski definition) is 2. The molecule has 23 heavy (non-hydrogen) atoms. The second-order valence-corrected chi connectivity index (χ2v) is 5.17. The number of hydrogen-bond acceptors (Lipinski definition) is 5. The number of anilines is 1. The number of aryl methyl sites for hydroxylation is 1. The molecule has 0 aliphatic rings. The van der Waals surface area contributed by atoms with Crippen LogP contribution in [0.5, 0.6) is 0 Å². The number of benzene rings is 1. The topological polar surface area (TPSA) is 84.4 Å². The van der Waals surface area contributed by atoms with Crippen LogP contribution in [0.2, 0.25) is 0 Å². The van der Waals surface area contributed by atoms with Crippen LogP contribution < -0.4 is 11.1 Å². The molecule has 2 aromatic rings. The van der Waals surface area contributed by atoms with Crippen molar-refractivity contribution >= 4 is 24.1 Å². The van der Waals surface area contributed by atoms with Gasteiger partial charge in [-0.2, -0.15) is 0 Å². The maximum atomic E-state index is 11.9. The quantitative estimate of drug-likeness (QED) is 0.770. The molecular formula is C16H23ClN4O2. The lowest BCUT2D eigenvalue weighted by molar-refractivity contribution is -0.116. The van der Waals surface area contributed by atoms with E-state index in [1.807, 2.05) is 18.2 Å². The molecule has 1 heterocycles. The molecule has 0 saturated carbocycles. The molecular weight excluding hydrogens is 316 g/mol. The van der Waals surface area contributed by atoms with Gasteiger partial charge < -0.3 is 15.6 Å². The summed E-state index contributed by atoms with van der Waals surface area (Å²) in [6, 6.07) is 11.8. The molecule has 0 aliphatic carbocycles. The van der Waals surface area contributed by atoms with Crippen molar-refractivity contribution in [2.45, 2.75) is 19.9 Å². The van der Waals surface area contributed by atoms with Gasteiger partial charge in [0.15, 0.2) is 5.82 Å². The summed E-state index contributed by atoms with van der Waals surface area (Å²) in [5, 5.41) is 6.47. The summed E-state index contributed by atoms with van der Waals surface area (Å²) in [7, 11) is 0. The largest absolute Gasteiger partial charge is 0.360 e. The molecule has 1 aromatic heterocycles. The van der Waals surface area contributed by atoms with Gasteiger partial charge in [-0.05, 0) is 12.5 Å². The van der Waals surface area contributed by atoms with Crippen LogP contribution in [0.3, 0.4) is 0 Å². The zero-order valence-corrected chi connectivity index (χ0v) is 14.0. The molecule has 0 spiro atoms. The number of carbonyl (C=O) groups is 1. The van der Waals surface area contributed by atoms with Gasteiger partial charge in [-0.25, -0.2) is 0 Å². The first kappa shape index (κ1) is 19.2. The summed E-state index contributed by atoms with van der Waals surface area (Å²) in [4.78, 5) is 14.1. The van der Waals surface area contributed by atoms with Gasteiger partial charge >= 0.3 is 0 Å². The Bertz CT molecular complexity index is 589. The van der Waals surface area contributed by atoms with E-state index in [1.54, 1.807) is 13.0 Å². The highest BCUT2D eigenvalue weighted by Crippen LogP contribution is 2.08. The Morgan fingerprint density at radius 1 is 1.30 bits per heavy atom. The van der Waals surface area contributed by atoms with Crippen molar-refractivity contribution in [2.24, 2.45) is 5.73 Å². The molecule has 0 aliphatic heterocycles. The highest BCUT2D eigenvalue weighted by Gasteiger charge is 2.10. The summed E-state index contributed by atoms with van der Waals surface area (Å²) in [6.07, 6.45) is 0.388. The van der Waals surface area contributed by atoms with Crippen molar-refractivity contribution in [3.05, 3.63) is 47.7 Å². The van der Waals surface area contributed by atoms with E-state index >= 15 is 0 Å². The number of nitrogens with one attached hydrogen (secondary N) is 1. The summed E-state index contributed by atoms with van der Waals surface area (Å²) < 4.78 is 4.92. The van der Waals surface area contributed by atoms with Crippen LogP contribution in [0.15, 0.2) is 40.9 Å². The standard InChI is InChI=1S/C16H22N4O2.ClH/c1-13-11-15(19-22-13)18-16(21)7-9-20(10-8-17)12-14-5-3-2-4-6-14;/h2-6,11H,7-10,12,17H2,1H3,(H,18,19,21);1H. The second-order valence-electron chi connectivity index (χ2n) is 5.17. The smallest absolute Gasteiger partial charge is 0.226 e. The molecule has 126 valence electrons. The Labute approximate surface area is 142 Å². The highest BCUT2D eigenvalue weighted by molar-refractivity contribution is 5.89. The first-order valence-electron chi connectivity index (χ1n) is 7.37. The van der Waals surface area contributed by atoms with Gasteiger partial charge in [0.25, 0.3) is 0 Å². The maximum Gasteiger partial charge on any atom is 0.226 e. The van der Waals surface area contributed by atoms with Crippen LogP contribution in [0.25, 0.3) is 0 Å². The fourth-order valence-electron chi connectivity index (χ4n) is 2.18. The van der Waals surface area contributed by atoms with Crippen molar-refractivity contribution in [1.29, 1.82) is 0 Å². The number of carbonyl (C=O) groups excluding carboxylic acids is 1. The van der Waals surface area contributed by atoms with E-state index in [-0.39, 0.29) is 18.3 Å². The Morgan fingerprint density at radius 3 is 2.65 bits per heavy atom. The third kappa shape index (κ3) is 6.81. The van der Waals surface area contributed by atoms with E-state index in [4.69, 9.17) is 10.3 Å². The number of nitrogens with two attached hydrogens (primary N) is 1. The fourth-order valence-corrected chi connectivity index (χ4v) is 2.18. The maximum absolute atomic E-state index is 11.9. The molecule has 1 amide bonds. The lowest BCUT2D eigenvalue weighted by Crippen LogP contribution is -2.32. The Hall–Kier alpha value is -1.89. The van der Waals surface area contributed by atoms with Crippen molar-refractivity contribution in [3.63, 3.8) is 0 Å². The lowest BCUT2D eigenvalue weighted by atomic mass is 10.2. The lowest BCUT2D eigenvalue weighted by Gasteiger charge is -2.21.